The standard InChI is InChI=1S/C26H26ClN5O3/c1-17-4-10-22(21(14-17)26(35)31-23-11-7-19(27)15-28-23)30-25(34)18-5-8-20(9-6-18)29-24(33)16-32-12-2-3-13-32/h4-11,14-15H,2-3,12-13,16H2,1H3,(H,29,33)(H,30,34)(H,28,31,35). The predicted octanol–water partition coefficient (Wildman–Crippen LogP) is 4.58. The fourth-order valence-electron chi connectivity index (χ4n) is 3.83. The highest BCUT2D eigenvalue weighted by Gasteiger charge is 2.17. The first kappa shape index (κ1) is 24.4. The maximum atomic E-state index is 12.9. The highest BCUT2D eigenvalue weighted by molar-refractivity contribution is 6.30. The minimum atomic E-state index is -0.408. The van der Waals surface area contributed by atoms with E-state index in [1.54, 1.807) is 48.5 Å². The summed E-state index contributed by atoms with van der Waals surface area (Å²) >= 11 is 5.85. The maximum Gasteiger partial charge on any atom is 0.258 e. The Bertz CT molecular complexity index is 1220. The molecule has 1 aliphatic heterocycles. The predicted molar refractivity (Wildman–Crippen MR) is 137 cm³/mol. The van der Waals surface area contributed by atoms with Crippen LogP contribution < -0.4 is 16.0 Å². The van der Waals surface area contributed by atoms with Gasteiger partial charge in [-0.05, 0) is 81.4 Å². The van der Waals surface area contributed by atoms with Crippen LogP contribution in [0.5, 0.6) is 0 Å². The van der Waals surface area contributed by atoms with Crippen LogP contribution in [0.15, 0.2) is 60.8 Å². The first-order valence-electron chi connectivity index (χ1n) is 11.3. The van der Waals surface area contributed by atoms with Gasteiger partial charge < -0.3 is 16.0 Å². The van der Waals surface area contributed by atoms with E-state index in [9.17, 15) is 14.4 Å². The molecule has 0 radical (unpaired) electrons. The Morgan fingerprint density at radius 2 is 1.66 bits per heavy atom. The largest absolute Gasteiger partial charge is 0.325 e. The number of nitrogens with one attached hydrogen (secondary N) is 3. The average Bonchev–Trinajstić information content (AvgIpc) is 3.35. The second-order valence-corrected chi connectivity index (χ2v) is 8.86. The summed E-state index contributed by atoms with van der Waals surface area (Å²) in [6, 6.07) is 15.0. The van der Waals surface area contributed by atoms with E-state index in [2.05, 4.69) is 25.8 Å². The third-order valence-corrected chi connectivity index (χ3v) is 5.86. The number of anilines is 3. The Kier molecular flexibility index (Phi) is 7.74. The van der Waals surface area contributed by atoms with Gasteiger partial charge >= 0.3 is 0 Å². The van der Waals surface area contributed by atoms with Gasteiger partial charge in [0.15, 0.2) is 0 Å². The molecule has 2 heterocycles. The number of halogens is 1. The molecule has 0 atom stereocenters. The number of likely N-dealkylation sites (tertiary alicyclic amines) is 1. The number of benzene rings is 2. The van der Waals surface area contributed by atoms with Crippen LogP contribution >= 0.6 is 11.6 Å². The lowest BCUT2D eigenvalue weighted by molar-refractivity contribution is -0.117. The summed E-state index contributed by atoms with van der Waals surface area (Å²) in [5, 5.41) is 8.84. The smallest absolute Gasteiger partial charge is 0.258 e. The summed E-state index contributed by atoms with van der Waals surface area (Å²) in [5.74, 6) is -0.507. The zero-order valence-electron chi connectivity index (χ0n) is 19.3. The summed E-state index contributed by atoms with van der Waals surface area (Å²) in [4.78, 5) is 44.2. The molecule has 3 aromatic rings. The highest BCUT2D eigenvalue weighted by atomic mass is 35.5. The second-order valence-electron chi connectivity index (χ2n) is 8.43. The molecule has 0 bridgehead atoms. The molecule has 9 heteroatoms. The number of aryl methyl sites for hydroxylation is 1. The zero-order chi connectivity index (χ0) is 24.8. The van der Waals surface area contributed by atoms with Crippen molar-refractivity contribution in [1.29, 1.82) is 0 Å². The molecule has 1 aliphatic rings. The minimum Gasteiger partial charge on any atom is -0.325 e. The highest BCUT2D eigenvalue weighted by Crippen LogP contribution is 2.21. The molecule has 1 saturated heterocycles. The van der Waals surface area contributed by atoms with E-state index in [-0.39, 0.29) is 11.8 Å². The van der Waals surface area contributed by atoms with Crippen LogP contribution in [0.25, 0.3) is 0 Å². The molecule has 0 unspecified atom stereocenters. The lowest BCUT2D eigenvalue weighted by Crippen LogP contribution is -2.30. The molecule has 1 aromatic heterocycles. The number of aromatic nitrogens is 1. The topological polar surface area (TPSA) is 103 Å². The SMILES string of the molecule is Cc1ccc(NC(=O)c2ccc(NC(=O)CN3CCCC3)cc2)c(C(=O)Nc2ccc(Cl)cn2)c1. The van der Waals surface area contributed by atoms with Crippen molar-refractivity contribution in [2.75, 3.05) is 35.6 Å². The third-order valence-electron chi connectivity index (χ3n) is 5.63. The Morgan fingerprint density at radius 1 is 0.914 bits per heavy atom. The molecule has 1 fully saturated rings. The number of amides is 3. The number of hydrogen-bond donors (Lipinski definition) is 3. The van der Waals surface area contributed by atoms with Crippen molar-refractivity contribution < 1.29 is 14.4 Å². The normalized spacial score (nSPS) is 13.3. The second kappa shape index (κ2) is 11.1. The fraction of sp³-hybridized carbons (Fsp3) is 0.231. The van der Waals surface area contributed by atoms with Crippen molar-refractivity contribution in [3.05, 3.63) is 82.5 Å². The van der Waals surface area contributed by atoms with E-state index >= 15 is 0 Å². The van der Waals surface area contributed by atoms with Crippen molar-refractivity contribution in [3.63, 3.8) is 0 Å². The number of nitrogens with zero attached hydrogens (tertiary/aromatic N) is 2. The van der Waals surface area contributed by atoms with Gasteiger partial charge in [0.1, 0.15) is 5.82 Å². The molecule has 0 saturated carbocycles. The van der Waals surface area contributed by atoms with Gasteiger partial charge in [-0.15, -0.1) is 0 Å². The van der Waals surface area contributed by atoms with E-state index in [0.717, 1.165) is 31.5 Å². The monoisotopic (exact) mass is 491 g/mol. The van der Waals surface area contributed by atoms with Gasteiger partial charge in [-0.25, -0.2) is 4.98 Å². The van der Waals surface area contributed by atoms with Gasteiger partial charge in [0.25, 0.3) is 11.8 Å². The zero-order valence-corrected chi connectivity index (χ0v) is 20.1. The van der Waals surface area contributed by atoms with Crippen molar-refractivity contribution in [2.24, 2.45) is 0 Å². The molecule has 4 rings (SSSR count). The summed E-state index contributed by atoms with van der Waals surface area (Å²) in [7, 11) is 0. The average molecular weight is 492 g/mol. The molecule has 180 valence electrons. The minimum absolute atomic E-state index is 0.0745. The Labute approximate surface area is 208 Å². The van der Waals surface area contributed by atoms with Gasteiger partial charge in [-0.1, -0.05) is 23.2 Å². The van der Waals surface area contributed by atoms with E-state index in [1.807, 2.05) is 13.0 Å². The molecule has 2 aromatic carbocycles. The Hall–Kier alpha value is -3.75. The van der Waals surface area contributed by atoms with Gasteiger partial charge in [0, 0.05) is 17.4 Å². The van der Waals surface area contributed by atoms with Crippen LogP contribution in [0.1, 0.15) is 39.1 Å². The Balaban J connectivity index is 1.41. The molecule has 3 N–H and O–H groups in total. The number of pyridine rings is 1. The van der Waals surface area contributed by atoms with Crippen molar-refractivity contribution in [1.82, 2.24) is 9.88 Å². The first-order chi connectivity index (χ1) is 16.9. The van der Waals surface area contributed by atoms with E-state index in [0.29, 0.717) is 39.9 Å². The Morgan fingerprint density at radius 3 is 2.34 bits per heavy atom. The van der Waals surface area contributed by atoms with Crippen LogP contribution in [0.4, 0.5) is 17.2 Å². The number of carbonyl (C=O) groups is 3. The van der Waals surface area contributed by atoms with Crippen molar-refractivity contribution >= 4 is 46.5 Å². The first-order valence-corrected chi connectivity index (χ1v) is 11.7. The fourth-order valence-corrected chi connectivity index (χ4v) is 3.94. The van der Waals surface area contributed by atoms with Crippen LogP contribution in [0.2, 0.25) is 5.02 Å². The quantitative estimate of drug-likeness (QED) is 0.448. The van der Waals surface area contributed by atoms with E-state index in [4.69, 9.17) is 11.6 Å². The summed E-state index contributed by atoms with van der Waals surface area (Å²) in [5.41, 5.74) is 2.56. The van der Waals surface area contributed by atoms with Gasteiger partial charge in [-0.2, -0.15) is 0 Å². The van der Waals surface area contributed by atoms with Crippen LogP contribution in [0.3, 0.4) is 0 Å². The van der Waals surface area contributed by atoms with Gasteiger partial charge in [0.05, 0.1) is 22.8 Å². The molecule has 0 spiro atoms. The lowest BCUT2D eigenvalue weighted by Gasteiger charge is -2.14. The molecule has 3 amide bonds. The maximum absolute atomic E-state index is 12.9. The third kappa shape index (κ3) is 6.65. The van der Waals surface area contributed by atoms with Crippen molar-refractivity contribution in [2.45, 2.75) is 19.8 Å². The molecule has 0 aliphatic carbocycles. The van der Waals surface area contributed by atoms with Gasteiger partial charge in [0.2, 0.25) is 5.91 Å². The molecular formula is C26H26ClN5O3. The number of rotatable bonds is 7. The van der Waals surface area contributed by atoms with Crippen molar-refractivity contribution in [3.8, 4) is 0 Å². The summed E-state index contributed by atoms with van der Waals surface area (Å²) in [6.07, 6.45) is 3.69. The lowest BCUT2D eigenvalue weighted by atomic mass is 10.1. The van der Waals surface area contributed by atoms with E-state index < -0.39 is 5.91 Å². The van der Waals surface area contributed by atoms with E-state index in [1.165, 1.54) is 6.20 Å². The number of carbonyl (C=O) groups excluding carboxylic acids is 3. The molecular weight excluding hydrogens is 466 g/mol. The summed E-state index contributed by atoms with van der Waals surface area (Å²) < 4.78 is 0. The summed E-state index contributed by atoms with van der Waals surface area (Å²) in [6.45, 7) is 4.12. The van der Waals surface area contributed by atoms with Crippen LogP contribution in [0, 0.1) is 6.92 Å². The van der Waals surface area contributed by atoms with Crippen LogP contribution in [-0.2, 0) is 4.79 Å². The molecule has 8 nitrogen and oxygen atoms in total. The van der Waals surface area contributed by atoms with Crippen LogP contribution in [-0.4, -0.2) is 47.2 Å². The molecule has 35 heavy (non-hydrogen) atoms. The number of hydrogen-bond acceptors (Lipinski definition) is 5. The van der Waals surface area contributed by atoms with Gasteiger partial charge in [-0.3, -0.25) is 19.3 Å².